The molecule has 0 aliphatic rings. The monoisotopic (exact) mass is 333 g/mol. The van der Waals surface area contributed by atoms with Gasteiger partial charge in [-0.25, -0.2) is 0 Å². The molecule has 0 aliphatic heterocycles. The number of rotatable bonds is 7. The van der Waals surface area contributed by atoms with Gasteiger partial charge in [0, 0.05) is 13.0 Å². The van der Waals surface area contributed by atoms with Gasteiger partial charge in [-0.05, 0) is 43.9 Å². The first kappa shape index (κ1) is 19.0. The first-order valence-electron chi connectivity index (χ1n) is 7.36. The smallest absolute Gasteiger partial charge is 0.119 e. The largest absolute Gasteiger partial charge is 0.497 e. The third kappa shape index (κ3) is 6.30. The summed E-state index contributed by atoms with van der Waals surface area (Å²) in [6.07, 6.45) is 0.889. The van der Waals surface area contributed by atoms with Gasteiger partial charge in [0.2, 0.25) is 0 Å². The maximum atomic E-state index is 5.16. The second-order valence-electron chi connectivity index (χ2n) is 5.32. The van der Waals surface area contributed by atoms with Crippen molar-refractivity contribution in [1.82, 2.24) is 4.90 Å². The zero-order valence-corrected chi connectivity index (χ0v) is 14.6. The molecule has 124 valence electrons. The molecule has 0 saturated carbocycles. The molecule has 0 bridgehead atoms. The van der Waals surface area contributed by atoms with Gasteiger partial charge in [0.1, 0.15) is 5.75 Å². The molecule has 23 heavy (non-hydrogen) atoms. The molecule has 0 unspecified atom stereocenters. The van der Waals surface area contributed by atoms with Crippen LogP contribution in [0.2, 0.25) is 0 Å². The first-order chi connectivity index (χ1) is 10.7. The van der Waals surface area contributed by atoms with E-state index in [-0.39, 0.29) is 12.4 Å². The van der Waals surface area contributed by atoms with Crippen LogP contribution in [0.1, 0.15) is 12.0 Å². The molecule has 2 aromatic rings. The highest BCUT2D eigenvalue weighted by Gasteiger charge is 2.04. The Morgan fingerprint density at radius 2 is 1.70 bits per heavy atom. The Morgan fingerprint density at radius 3 is 2.26 bits per heavy atom. The standard InChI is InChI=1S/C18H23N3O.ClH/c1-21(2)14-13-18(15-7-5-4-6-8-15)20-19-16-9-11-17(22-3)12-10-16;/h4-12,19H,13-14H2,1-3H3;1H/b20-18+;. The molecule has 0 amide bonds. The third-order valence-corrected chi connectivity index (χ3v) is 3.31. The minimum Gasteiger partial charge on any atom is -0.497 e. The van der Waals surface area contributed by atoms with Gasteiger partial charge < -0.3 is 9.64 Å². The minimum absolute atomic E-state index is 0. The van der Waals surface area contributed by atoms with Gasteiger partial charge in [0.25, 0.3) is 0 Å². The van der Waals surface area contributed by atoms with Crippen LogP contribution in [-0.4, -0.2) is 38.4 Å². The van der Waals surface area contributed by atoms with Crippen molar-refractivity contribution in [3.63, 3.8) is 0 Å². The summed E-state index contributed by atoms with van der Waals surface area (Å²) in [6.45, 7) is 0.956. The lowest BCUT2D eigenvalue weighted by Crippen LogP contribution is -2.18. The average Bonchev–Trinajstić information content (AvgIpc) is 2.56. The van der Waals surface area contributed by atoms with Crippen LogP contribution in [-0.2, 0) is 0 Å². The van der Waals surface area contributed by atoms with Crippen LogP contribution in [0.3, 0.4) is 0 Å². The van der Waals surface area contributed by atoms with E-state index in [1.807, 2.05) is 42.5 Å². The number of hydrogen-bond acceptors (Lipinski definition) is 4. The molecular weight excluding hydrogens is 310 g/mol. The maximum Gasteiger partial charge on any atom is 0.119 e. The van der Waals surface area contributed by atoms with Crippen molar-refractivity contribution in [3.8, 4) is 5.75 Å². The Bertz CT molecular complexity index is 597. The predicted octanol–water partition coefficient (Wildman–Crippen LogP) is 3.88. The Hall–Kier alpha value is -2.04. The van der Waals surface area contributed by atoms with Gasteiger partial charge in [-0.3, -0.25) is 5.43 Å². The molecule has 1 N–H and O–H groups in total. The summed E-state index contributed by atoms with van der Waals surface area (Å²) in [6, 6.07) is 18.0. The van der Waals surface area contributed by atoms with Gasteiger partial charge in [-0.15, -0.1) is 12.4 Å². The van der Waals surface area contributed by atoms with Crippen molar-refractivity contribution in [2.75, 3.05) is 33.2 Å². The number of hydrogen-bond donors (Lipinski definition) is 1. The molecule has 2 rings (SSSR count). The lowest BCUT2D eigenvalue weighted by Gasteiger charge is -2.12. The predicted molar refractivity (Wildman–Crippen MR) is 100 cm³/mol. The average molecular weight is 334 g/mol. The quantitative estimate of drug-likeness (QED) is 0.617. The molecule has 0 spiro atoms. The van der Waals surface area contributed by atoms with E-state index in [9.17, 15) is 0 Å². The highest BCUT2D eigenvalue weighted by Crippen LogP contribution is 2.15. The summed E-state index contributed by atoms with van der Waals surface area (Å²) in [5.74, 6) is 0.838. The molecule has 0 radical (unpaired) electrons. The summed E-state index contributed by atoms with van der Waals surface area (Å²) >= 11 is 0. The van der Waals surface area contributed by atoms with Gasteiger partial charge in [0.05, 0.1) is 18.5 Å². The van der Waals surface area contributed by atoms with E-state index in [0.717, 1.165) is 35.7 Å². The SMILES string of the molecule is COc1ccc(N/N=C(\CCN(C)C)c2ccccc2)cc1.Cl. The molecule has 0 fully saturated rings. The second kappa shape index (κ2) is 9.87. The number of benzene rings is 2. The van der Waals surface area contributed by atoms with Crippen molar-refractivity contribution >= 4 is 23.8 Å². The number of methoxy groups -OCH3 is 1. The Morgan fingerprint density at radius 1 is 1.04 bits per heavy atom. The van der Waals surface area contributed by atoms with E-state index in [2.05, 4.69) is 41.7 Å². The summed E-state index contributed by atoms with van der Waals surface area (Å²) in [5.41, 5.74) is 6.27. The van der Waals surface area contributed by atoms with Crippen LogP contribution in [0.15, 0.2) is 59.7 Å². The fraction of sp³-hybridized carbons (Fsp3) is 0.278. The van der Waals surface area contributed by atoms with Crippen LogP contribution < -0.4 is 10.2 Å². The van der Waals surface area contributed by atoms with E-state index in [1.54, 1.807) is 7.11 Å². The van der Waals surface area contributed by atoms with Crippen LogP contribution in [0.25, 0.3) is 0 Å². The molecule has 2 aromatic carbocycles. The number of ether oxygens (including phenoxy) is 1. The molecule has 0 aromatic heterocycles. The van der Waals surface area contributed by atoms with Crippen LogP contribution in [0.4, 0.5) is 5.69 Å². The summed E-state index contributed by atoms with van der Waals surface area (Å²) in [5, 5.41) is 4.59. The summed E-state index contributed by atoms with van der Waals surface area (Å²) in [4.78, 5) is 2.16. The van der Waals surface area contributed by atoms with E-state index in [4.69, 9.17) is 4.74 Å². The van der Waals surface area contributed by atoms with Crippen molar-refractivity contribution < 1.29 is 4.74 Å². The lowest BCUT2D eigenvalue weighted by atomic mass is 10.1. The normalized spacial score (nSPS) is 11.0. The van der Waals surface area contributed by atoms with Gasteiger partial charge in [0.15, 0.2) is 0 Å². The zero-order valence-electron chi connectivity index (χ0n) is 13.8. The van der Waals surface area contributed by atoms with E-state index >= 15 is 0 Å². The van der Waals surface area contributed by atoms with Crippen molar-refractivity contribution in [2.45, 2.75) is 6.42 Å². The Labute approximate surface area is 144 Å². The van der Waals surface area contributed by atoms with E-state index < -0.39 is 0 Å². The van der Waals surface area contributed by atoms with Crippen LogP contribution in [0.5, 0.6) is 5.75 Å². The van der Waals surface area contributed by atoms with Crippen molar-refractivity contribution in [2.24, 2.45) is 5.10 Å². The first-order valence-corrected chi connectivity index (χ1v) is 7.36. The molecule has 0 heterocycles. The second-order valence-corrected chi connectivity index (χ2v) is 5.32. The third-order valence-electron chi connectivity index (χ3n) is 3.31. The summed E-state index contributed by atoms with van der Waals surface area (Å²) < 4.78 is 5.16. The fourth-order valence-corrected chi connectivity index (χ4v) is 2.02. The maximum absolute atomic E-state index is 5.16. The number of anilines is 1. The highest BCUT2D eigenvalue weighted by molar-refractivity contribution is 6.01. The van der Waals surface area contributed by atoms with Crippen molar-refractivity contribution in [3.05, 3.63) is 60.2 Å². The fourth-order valence-electron chi connectivity index (χ4n) is 2.02. The van der Waals surface area contributed by atoms with Crippen LogP contribution in [0, 0.1) is 0 Å². The van der Waals surface area contributed by atoms with Gasteiger partial charge >= 0.3 is 0 Å². The Balaban J connectivity index is 0.00000264. The number of hydrazone groups is 1. The zero-order chi connectivity index (χ0) is 15.8. The van der Waals surface area contributed by atoms with E-state index in [1.165, 1.54) is 0 Å². The molecule has 0 saturated heterocycles. The van der Waals surface area contributed by atoms with Gasteiger partial charge in [-0.1, -0.05) is 30.3 Å². The van der Waals surface area contributed by atoms with Crippen LogP contribution >= 0.6 is 12.4 Å². The number of nitrogens with one attached hydrogen (secondary N) is 1. The summed E-state index contributed by atoms with van der Waals surface area (Å²) in [7, 11) is 5.80. The molecule has 0 aliphatic carbocycles. The van der Waals surface area contributed by atoms with E-state index in [0.29, 0.717) is 0 Å². The molecular formula is C18H24ClN3O. The number of halogens is 1. The number of nitrogens with zero attached hydrogens (tertiary/aromatic N) is 2. The van der Waals surface area contributed by atoms with Gasteiger partial charge in [-0.2, -0.15) is 5.10 Å². The molecule has 4 nitrogen and oxygen atoms in total. The highest BCUT2D eigenvalue weighted by atomic mass is 35.5. The van der Waals surface area contributed by atoms with Crippen molar-refractivity contribution in [1.29, 1.82) is 0 Å². The topological polar surface area (TPSA) is 36.9 Å². The lowest BCUT2D eigenvalue weighted by molar-refractivity contribution is 0.415. The Kier molecular flexibility index (Phi) is 8.16. The molecule has 0 atom stereocenters. The molecule has 5 heteroatoms. The minimum atomic E-state index is 0.